The van der Waals surface area contributed by atoms with Crippen LogP contribution in [-0.4, -0.2) is 60.8 Å². The zero-order chi connectivity index (χ0) is 16.8. The molecule has 0 aliphatic carbocycles. The third-order valence-electron chi connectivity index (χ3n) is 3.56. The van der Waals surface area contributed by atoms with E-state index < -0.39 is 5.97 Å². The molecule has 0 spiro atoms. The summed E-state index contributed by atoms with van der Waals surface area (Å²) < 4.78 is 10.1. The van der Waals surface area contributed by atoms with Crippen molar-refractivity contribution in [2.24, 2.45) is 0 Å². The highest BCUT2D eigenvalue weighted by molar-refractivity contribution is 5.90. The number of benzene rings is 1. The summed E-state index contributed by atoms with van der Waals surface area (Å²) in [6, 6.07) is 5.56. The molecule has 7 nitrogen and oxygen atoms in total. The molecule has 0 saturated carbocycles. The van der Waals surface area contributed by atoms with Gasteiger partial charge in [-0.15, -0.1) is 0 Å². The zero-order valence-electron chi connectivity index (χ0n) is 13.2. The Kier molecular flexibility index (Phi) is 5.59. The van der Waals surface area contributed by atoms with Crippen molar-refractivity contribution in [3.63, 3.8) is 0 Å². The van der Waals surface area contributed by atoms with Gasteiger partial charge in [-0.3, -0.25) is 9.59 Å². The van der Waals surface area contributed by atoms with E-state index >= 15 is 0 Å². The number of amides is 1. The van der Waals surface area contributed by atoms with Gasteiger partial charge < -0.3 is 24.5 Å². The third-order valence-corrected chi connectivity index (χ3v) is 3.56. The quantitative estimate of drug-likeness (QED) is 0.764. The first kappa shape index (κ1) is 16.8. The van der Waals surface area contributed by atoms with E-state index in [2.05, 4.69) is 4.98 Å². The minimum absolute atomic E-state index is 0.115. The van der Waals surface area contributed by atoms with E-state index in [1.54, 1.807) is 13.3 Å². The molecule has 124 valence electrons. The lowest BCUT2D eigenvalue weighted by atomic mass is 10.1. The molecule has 0 atom stereocenters. The molecule has 0 bridgehead atoms. The number of carboxylic acid groups (broad SMARTS) is 1. The predicted octanol–water partition coefficient (Wildman–Crippen LogP) is 1.28. The summed E-state index contributed by atoms with van der Waals surface area (Å²) in [6.07, 6.45) is 1.88. The van der Waals surface area contributed by atoms with Crippen molar-refractivity contribution in [2.75, 3.05) is 33.9 Å². The van der Waals surface area contributed by atoms with Crippen molar-refractivity contribution in [1.82, 2.24) is 9.88 Å². The molecule has 1 aromatic carbocycles. The number of nitrogens with one attached hydrogen (secondary N) is 1. The number of ether oxygens (including phenoxy) is 2. The number of H-pyrrole nitrogens is 1. The molecular formula is C16H20N2O5. The minimum Gasteiger partial charge on any atom is -0.497 e. The van der Waals surface area contributed by atoms with Crippen LogP contribution < -0.4 is 4.74 Å². The van der Waals surface area contributed by atoms with Crippen LogP contribution in [0.25, 0.3) is 10.9 Å². The van der Waals surface area contributed by atoms with Crippen molar-refractivity contribution < 1.29 is 24.2 Å². The number of carboxylic acids is 1. The minimum atomic E-state index is -1.05. The molecule has 7 heteroatoms. The fourth-order valence-electron chi connectivity index (χ4n) is 2.36. The van der Waals surface area contributed by atoms with Crippen LogP contribution in [0.15, 0.2) is 24.4 Å². The smallest absolute Gasteiger partial charge is 0.323 e. The van der Waals surface area contributed by atoms with Crippen molar-refractivity contribution in [3.8, 4) is 5.75 Å². The molecule has 0 radical (unpaired) electrons. The van der Waals surface area contributed by atoms with Crippen molar-refractivity contribution in [3.05, 3.63) is 30.0 Å². The molecule has 1 heterocycles. The Balaban J connectivity index is 2.18. The molecule has 0 saturated heterocycles. The second-order valence-electron chi connectivity index (χ2n) is 5.10. The maximum absolute atomic E-state index is 12.4. The monoisotopic (exact) mass is 320 g/mol. The fraction of sp³-hybridized carbons (Fsp3) is 0.375. The Bertz CT molecular complexity index is 695. The summed E-state index contributed by atoms with van der Waals surface area (Å²) in [7, 11) is 3.09. The molecule has 0 fully saturated rings. The second kappa shape index (κ2) is 7.64. The second-order valence-corrected chi connectivity index (χ2v) is 5.10. The van der Waals surface area contributed by atoms with E-state index in [1.807, 2.05) is 18.2 Å². The van der Waals surface area contributed by atoms with Crippen LogP contribution in [0.3, 0.4) is 0 Å². The largest absolute Gasteiger partial charge is 0.497 e. The summed E-state index contributed by atoms with van der Waals surface area (Å²) in [4.78, 5) is 27.7. The number of hydrogen-bond donors (Lipinski definition) is 2. The van der Waals surface area contributed by atoms with Gasteiger partial charge in [-0.05, 0) is 23.8 Å². The van der Waals surface area contributed by atoms with Gasteiger partial charge >= 0.3 is 5.97 Å². The number of rotatable bonds is 8. The molecule has 2 N–H and O–H groups in total. The SMILES string of the molecule is COCCN(CC(=O)O)C(=O)Cc1c[nH]c2ccc(OC)cc12. The van der Waals surface area contributed by atoms with E-state index in [4.69, 9.17) is 14.6 Å². The average molecular weight is 320 g/mol. The van der Waals surface area contributed by atoms with Gasteiger partial charge in [-0.25, -0.2) is 0 Å². The highest BCUT2D eigenvalue weighted by Gasteiger charge is 2.18. The van der Waals surface area contributed by atoms with Gasteiger partial charge in [0.05, 0.1) is 20.1 Å². The Labute approximate surface area is 133 Å². The van der Waals surface area contributed by atoms with Gasteiger partial charge in [0.1, 0.15) is 12.3 Å². The van der Waals surface area contributed by atoms with E-state index in [1.165, 1.54) is 12.0 Å². The standard InChI is InChI=1S/C16H20N2O5/c1-22-6-5-18(10-16(20)21)15(19)7-11-9-17-14-4-3-12(23-2)8-13(11)14/h3-4,8-9,17H,5-7,10H2,1-2H3,(H,20,21). The van der Waals surface area contributed by atoms with Gasteiger partial charge in [-0.2, -0.15) is 0 Å². The molecule has 0 aliphatic rings. The van der Waals surface area contributed by atoms with E-state index in [9.17, 15) is 9.59 Å². The first-order valence-electron chi connectivity index (χ1n) is 7.17. The maximum Gasteiger partial charge on any atom is 0.323 e. The summed E-state index contributed by atoms with van der Waals surface area (Å²) in [5.41, 5.74) is 1.70. The summed E-state index contributed by atoms with van der Waals surface area (Å²) in [5, 5.41) is 9.83. The molecule has 2 aromatic rings. The number of carbonyl (C=O) groups is 2. The van der Waals surface area contributed by atoms with E-state index in [0.29, 0.717) is 12.4 Å². The number of fused-ring (bicyclic) bond motifs is 1. The lowest BCUT2D eigenvalue weighted by molar-refractivity contribution is -0.144. The highest BCUT2D eigenvalue weighted by Crippen LogP contribution is 2.24. The number of hydrogen-bond acceptors (Lipinski definition) is 4. The van der Waals surface area contributed by atoms with Crippen LogP contribution in [0.1, 0.15) is 5.56 Å². The Morgan fingerprint density at radius 3 is 2.74 bits per heavy atom. The predicted molar refractivity (Wildman–Crippen MR) is 84.6 cm³/mol. The summed E-state index contributed by atoms with van der Waals surface area (Å²) in [6.45, 7) is 0.196. The number of nitrogens with zero attached hydrogens (tertiary/aromatic N) is 1. The van der Waals surface area contributed by atoms with Crippen LogP contribution in [0.4, 0.5) is 0 Å². The van der Waals surface area contributed by atoms with Crippen molar-refractivity contribution in [1.29, 1.82) is 0 Å². The van der Waals surface area contributed by atoms with Gasteiger partial charge in [0.25, 0.3) is 0 Å². The van der Waals surface area contributed by atoms with Crippen molar-refractivity contribution >= 4 is 22.8 Å². The topological polar surface area (TPSA) is 91.9 Å². The molecular weight excluding hydrogens is 300 g/mol. The lowest BCUT2D eigenvalue weighted by Gasteiger charge is -2.20. The average Bonchev–Trinajstić information content (AvgIpc) is 2.93. The summed E-state index contributed by atoms with van der Waals surface area (Å²) in [5.74, 6) is -0.601. The van der Waals surface area contributed by atoms with Crippen LogP contribution in [0, 0.1) is 0 Å². The molecule has 0 unspecified atom stereocenters. The molecule has 23 heavy (non-hydrogen) atoms. The maximum atomic E-state index is 12.4. The van der Waals surface area contributed by atoms with E-state index in [-0.39, 0.29) is 25.4 Å². The Morgan fingerprint density at radius 1 is 1.30 bits per heavy atom. The zero-order valence-corrected chi connectivity index (χ0v) is 13.2. The van der Waals surface area contributed by atoms with E-state index in [0.717, 1.165) is 16.5 Å². The summed E-state index contributed by atoms with van der Waals surface area (Å²) >= 11 is 0. The third kappa shape index (κ3) is 4.23. The molecule has 0 aliphatic heterocycles. The number of aromatic nitrogens is 1. The van der Waals surface area contributed by atoms with Crippen LogP contribution in [-0.2, 0) is 20.7 Å². The van der Waals surface area contributed by atoms with Gasteiger partial charge in [0.2, 0.25) is 5.91 Å². The Morgan fingerprint density at radius 2 is 2.09 bits per heavy atom. The lowest BCUT2D eigenvalue weighted by Crippen LogP contribution is -2.38. The van der Waals surface area contributed by atoms with Crippen LogP contribution in [0.2, 0.25) is 0 Å². The molecule has 1 amide bonds. The number of carbonyl (C=O) groups excluding carboxylic acids is 1. The number of methoxy groups -OCH3 is 2. The highest BCUT2D eigenvalue weighted by atomic mass is 16.5. The number of aromatic amines is 1. The molecule has 2 rings (SSSR count). The van der Waals surface area contributed by atoms with Crippen LogP contribution in [0.5, 0.6) is 5.75 Å². The van der Waals surface area contributed by atoms with Crippen molar-refractivity contribution in [2.45, 2.75) is 6.42 Å². The number of aliphatic carboxylic acids is 1. The molecule has 1 aromatic heterocycles. The normalized spacial score (nSPS) is 10.7. The van der Waals surface area contributed by atoms with Crippen LogP contribution >= 0.6 is 0 Å². The van der Waals surface area contributed by atoms with Gasteiger partial charge in [0, 0.05) is 30.8 Å². The van der Waals surface area contributed by atoms with Gasteiger partial charge in [-0.1, -0.05) is 0 Å². The fourth-order valence-corrected chi connectivity index (χ4v) is 2.36. The first-order chi connectivity index (χ1) is 11.0. The Hall–Kier alpha value is -2.54. The van der Waals surface area contributed by atoms with Gasteiger partial charge in [0.15, 0.2) is 0 Å². The first-order valence-corrected chi connectivity index (χ1v) is 7.17.